The zero-order chi connectivity index (χ0) is 14.1. The van der Waals surface area contributed by atoms with E-state index in [1.54, 1.807) is 12.1 Å². The van der Waals surface area contributed by atoms with Gasteiger partial charge < -0.3 is 4.42 Å². The van der Waals surface area contributed by atoms with Crippen LogP contribution in [0, 0.1) is 6.92 Å². The first kappa shape index (κ1) is 12.9. The zero-order valence-electron chi connectivity index (χ0n) is 11.0. The van der Waals surface area contributed by atoms with Crippen molar-refractivity contribution in [2.75, 3.05) is 0 Å². The summed E-state index contributed by atoms with van der Waals surface area (Å²) in [6.07, 6.45) is 0.567. The molecule has 3 aromatic rings. The summed E-state index contributed by atoms with van der Waals surface area (Å²) >= 11 is 6.02. The lowest BCUT2D eigenvalue weighted by Crippen LogP contribution is -2.10. The molecule has 0 atom stereocenters. The Morgan fingerprint density at radius 2 is 1.85 bits per heavy atom. The second-order valence-corrected chi connectivity index (χ2v) is 5.23. The molecule has 1 aromatic heterocycles. The van der Waals surface area contributed by atoms with Crippen molar-refractivity contribution in [2.24, 2.45) is 0 Å². The van der Waals surface area contributed by atoms with Crippen LogP contribution in [0.5, 0.6) is 0 Å². The Balaban J connectivity index is 2.18. The minimum atomic E-state index is -0.277. The van der Waals surface area contributed by atoms with E-state index >= 15 is 0 Å². The van der Waals surface area contributed by atoms with Crippen molar-refractivity contribution in [1.29, 1.82) is 0 Å². The lowest BCUT2D eigenvalue weighted by atomic mass is 10.00. The Bertz CT molecular complexity index is 820. The van der Waals surface area contributed by atoms with Gasteiger partial charge in [-0.3, -0.25) is 0 Å². The van der Waals surface area contributed by atoms with Crippen molar-refractivity contribution in [1.82, 2.24) is 0 Å². The molecule has 20 heavy (non-hydrogen) atoms. The van der Waals surface area contributed by atoms with Gasteiger partial charge in [-0.05, 0) is 36.2 Å². The smallest absolute Gasteiger partial charge is 0.340 e. The Labute approximate surface area is 121 Å². The van der Waals surface area contributed by atoms with Gasteiger partial charge in [-0.25, -0.2) is 4.79 Å². The fourth-order valence-electron chi connectivity index (χ4n) is 2.37. The van der Waals surface area contributed by atoms with Gasteiger partial charge in [-0.2, -0.15) is 0 Å². The van der Waals surface area contributed by atoms with Gasteiger partial charge in [-0.1, -0.05) is 41.9 Å². The SMILES string of the molecule is Cc1c(Cc2ccccc2)c(=O)oc2ccc(Cl)cc12. The Hall–Kier alpha value is -2.06. The molecule has 0 aliphatic rings. The maximum Gasteiger partial charge on any atom is 0.340 e. The predicted octanol–water partition coefficient (Wildman–Crippen LogP) is 4.35. The third-order valence-electron chi connectivity index (χ3n) is 3.47. The molecule has 0 amide bonds. The van der Waals surface area contributed by atoms with Crippen molar-refractivity contribution in [3.63, 3.8) is 0 Å². The Morgan fingerprint density at radius 3 is 2.60 bits per heavy atom. The van der Waals surface area contributed by atoms with E-state index in [2.05, 4.69) is 0 Å². The first-order chi connectivity index (χ1) is 9.65. The predicted molar refractivity (Wildman–Crippen MR) is 81.5 cm³/mol. The van der Waals surface area contributed by atoms with Crippen LogP contribution in [0.3, 0.4) is 0 Å². The second kappa shape index (κ2) is 5.14. The van der Waals surface area contributed by atoms with E-state index in [0.29, 0.717) is 22.6 Å². The highest BCUT2D eigenvalue weighted by Crippen LogP contribution is 2.24. The molecule has 0 fully saturated rings. The normalized spacial score (nSPS) is 10.9. The van der Waals surface area contributed by atoms with Crippen LogP contribution in [-0.4, -0.2) is 0 Å². The third kappa shape index (κ3) is 2.35. The molecule has 0 radical (unpaired) electrons. The maximum atomic E-state index is 12.1. The Morgan fingerprint density at radius 1 is 1.10 bits per heavy atom. The van der Waals surface area contributed by atoms with Gasteiger partial charge in [0.15, 0.2) is 0 Å². The highest BCUT2D eigenvalue weighted by Gasteiger charge is 2.12. The molecular weight excluding hydrogens is 272 g/mol. The van der Waals surface area contributed by atoms with Gasteiger partial charge in [0, 0.05) is 22.4 Å². The van der Waals surface area contributed by atoms with E-state index in [-0.39, 0.29) is 5.63 Å². The summed E-state index contributed by atoms with van der Waals surface area (Å²) in [6.45, 7) is 1.94. The van der Waals surface area contributed by atoms with Crippen LogP contribution in [0.15, 0.2) is 57.7 Å². The van der Waals surface area contributed by atoms with Gasteiger partial charge in [-0.15, -0.1) is 0 Å². The summed E-state index contributed by atoms with van der Waals surface area (Å²) in [4.78, 5) is 12.1. The summed E-state index contributed by atoms with van der Waals surface area (Å²) in [5, 5.41) is 1.53. The Kier molecular flexibility index (Phi) is 3.33. The fraction of sp³-hybridized carbons (Fsp3) is 0.118. The molecule has 2 nitrogen and oxygen atoms in total. The number of rotatable bonds is 2. The first-order valence-electron chi connectivity index (χ1n) is 6.41. The molecule has 100 valence electrons. The third-order valence-corrected chi connectivity index (χ3v) is 3.71. The van der Waals surface area contributed by atoms with Crippen LogP contribution in [-0.2, 0) is 6.42 Å². The first-order valence-corrected chi connectivity index (χ1v) is 6.79. The molecule has 0 N–H and O–H groups in total. The summed E-state index contributed by atoms with van der Waals surface area (Å²) in [5.41, 5.74) is 3.01. The van der Waals surface area contributed by atoms with Gasteiger partial charge in [0.25, 0.3) is 0 Å². The summed E-state index contributed by atoms with van der Waals surface area (Å²) in [5.74, 6) is 0. The molecule has 0 aliphatic heterocycles. The molecule has 0 aliphatic carbocycles. The average molecular weight is 285 g/mol. The monoisotopic (exact) mass is 284 g/mol. The molecule has 0 bridgehead atoms. The minimum Gasteiger partial charge on any atom is -0.423 e. The number of fused-ring (bicyclic) bond motifs is 1. The van der Waals surface area contributed by atoms with Crippen LogP contribution in [0.25, 0.3) is 11.0 Å². The van der Waals surface area contributed by atoms with Crippen molar-refractivity contribution >= 4 is 22.6 Å². The zero-order valence-corrected chi connectivity index (χ0v) is 11.8. The van der Waals surface area contributed by atoms with E-state index in [9.17, 15) is 4.79 Å². The highest BCUT2D eigenvalue weighted by atomic mass is 35.5. The van der Waals surface area contributed by atoms with Crippen LogP contribution in [0.1, 0.15) is 16.7 Å². The maximum absolute atomic E-state index is 12.1. The standard InChI is InChI=1S/C17H13ClO2/c1-11-14-10-13(18)7-8-16(14)20-17(19)15(11)9-12-5-3-2-4-6-12/h2-8,10H,9H2,1H3. The molecule has 1 heterocycles. The van der Waals surface area contributed by atoms with Crippen LogP contribution in [0.2, 0.25) is 5.02 Å². The summed E-state index contributed by atoms with van der Waals surface area (Å²) < 4.78 is 5.39. The number of benzene rings is 2. The van der Waals surface area contributed by atoms with Crippen LogP contribution < -0.4 is 5.63 Å². The van der Waals surface area contributed by atoms with E-state index in [4.69, 9.17) is 16.0 Å². The molecule has 0 unspecified atom stereocenters. The van der Waals surface area contributed by atoms with Crippen molar-refractivity contribution in [2.45, 2.75) is 13.3 Å². The van der Waals surface area contributed by atoms with Gasteiger partial charge in [0.2, 0.25) is 0 Å². The van der Waals surface area contributed by atoms with E-state index in [1.165, 1.54) is 0 Å². The number of hydrogen-bond acceptors (Lipinski definition) is 2. The largest absolute Gasteiger partial charge is 0.423 e. The van der Waals surface area contributed by atoms with Gasteiger partial charge in [0.1, 0.15) is 5.58 Å². The quantitative estimate of drug-likeness (QED) is 0.655. The van der Waals surface area contributed by atoms with Crippen LogP contribution >= 0.6 is 11.6 Å². The van der Waals surface area contributed by atoms with Gasteiger partial charge >= 0.3 is 5.63 Å². The van der Waals surface area contributed by atoms with E-state index in [0.717, 1.165) is 16.5 Å². The molecule has 2 aromatic carbocycles. The molecule has 0 saturated carbocycles. The second-order valence-electron chi connectivity index (χ2n) is 4.80. The van der Waals surface area contributed by atoms with E-state index in [1.807, 2.05) is 43.3 Å². The number of halogens is 1. The summed E-state index contributed by atoms with van der Waals surface area (Å²) in [7, 11) is 0. The van der Waals surface area contributed by atoms with Crippen molar-refractivity contribution in [3.05, 3.63) is 80.7 Å². The van der Waals surface area contributed by atoms with Gasteiger partial charge in [0.05, 0.1) is 0 Å². The molecule has 0 saturated heterocycles. The minimum absolute atomic E-state index is 0.277. The lowest BCUT2D eigenvalue weighted by molar-refractivity contribution is 0.551. The fourth-order valence-corrected chi connectivity index (χ4v) is 2.54. The molecule has 3 heteroatoms. The number of aryl methyl sites for hydroxylation is 1. The molecule has 0 spiro atoms. The topological polar surface area (TPSA) is 30.2 Å². The van der Waals surface area contributed by atoms with Crippen molar-refractivity contribution < 1.29 is 4.42 Å². The van der Waals surface area contributed by atoms with E-state index < -0.39 is 0 Å². The highest BCUT2D eigenvalue weighted by molar-refractivity contribution is 6.31. The van der Waals surface area contributed by atoms with Crippen LogP contribution in [0.4, 0.5) is 0 Å². The van der Waals surface area contributed by atoms with Crippen molar-refractivity contribution in [3.8, 4) is 0 Å². The summed E-state index contributed by atoms with van der Waals surface area (Å²) in [6, 6.07) is 15.2. The molecule has 3 rings (SSSR count). The average Bonchev–Trinajstić information content (AvgIpc) is 2.46. The number of hydrogen-bond donors (Lipinski definition) is 0. The lowest BCUT2D eigenvalue weighted by Gasteiger charge is -2.08. The molecular formula is C17H13ClO2.